The van der Waals surface area contributed by atoms with Gasteiger partial charge in [0.2, 0.25) is 0 Å². The lowest BCUT2D eigenvalue weighted by Gasteiger charge is -2.56. The minimum absolute atomic E-state index is 0.362. The van der Waals surface area contributed by atoms with Crippen molar-refractivity contribution >= 4 is 26.8 Å². The number of likely N-dealkylation sites (tertiary alicyclic amines) is 1. The van der Waals surface area contributed by atoms with Crippen LogP contribution in [0.4, 0.5) is 0 Å². The van der Waals surface area contributed by atoms with Crippen LogP contribution in [-0.4, -0.2) is 47.3 Å². The van der Waals surface area contributed by atoms with Crippen molar-refractivity contribution in [3.8, 4) is 5.75 Å². The third-order valence-corrected chi connectivity index (χ3v) is 7.81. The van der Waals surface area contributed by atoms with Gasteiger partial charge in [0, 0.05) is 52.4 Å². The van der Waals surface area contributed by atoms with E-state index in [9.17, 15) is 5.11 Å². The second kappa shape index (κ2) is 7.26. The highest BCUT2D eigenvalue weighted by Crippen LogP contribution is 2.52. The number of methoxy groups -OCH3 is 1. The van der Waals surface area contributed by atoms with Gasteiger partial charge in [0.1, 0.15) is 5.75 Å². The molecule has 30 heavy (non-hydrogen) atoms. The number of hydrogen-bond donors (Lipinski definition) is 2. The highest BCUT2D eigenvalue weighted by molar-refractivity contribution is 9.10. The molecule has 2 atom stereocenters. The number of benzene rings is 2. The van der Waals surface area contributed by atoms with Gasteiger partial charge in [0.15, 0.2) is 0 Å². The predicted molar refractivity (Wildman–Crippen MR) is 124 cm³/mol. The van der Waals surface area contributed by atoms with Crippen LogP contribution in [0.1, 0.15) is 23.2 Å². The fourth-order valence-corrected chi connectivity index (χ4v) is 6.30. The minimum atomic E-state index is -0.877. The molecule has 0 unspecified atom stereocenters. The molecule has 1 fully saturated rings. The number of halogens is 1. The number of nitrogens with zero attached hydrogens (tertiary/aromatic N) is 1. The molecule has 0 spiro atoms. The zero-order chi connectivity index (χ0) is 20.9. The van der Waals surface area contributed by atoms with Crippen molar-refractivity contribution in [2.24, 2.45) is 0 Å². The van der Waals surface area contributed by atoms with Crippen molar-refractivity contribution in [1.29, 1.82) is 0 Å². The van der Waals surface area contributed by atoms with Gasteiger partial charge in [-0.2, -0.15) is 0 Å². The number of aromatic nitrogens is 1. The van der Waals surface area contributed by atoms with Gasteiger partial charge >= 0.3 is 0 Å². The molecule has 1 aromatic heterocycles. The van der Waals surface area contributed by atoms with Crippen molar-refractivity contribution in [3.05, 3.63) is 76.4 Å². The first-order valence-corrected chi connectivity index (χ1v) is 11.3. The zero-order valence-electron chi connectivity index (χ0n) is 17.2. The Kier molecular flexibility index (Phi) is 4.80. The average Bonchev–Trinajstić information content (AvgIpc) is 3.09. The molecule has 5 heteroatoms. The van der Waals surface area contributed by atoms with E-state index in [1.165, 1.54) is 16.6 Å². The minimum Gasteiger partial charge on any atom is -0.497 e. The number of aromatic amines is 1. The van der Waals surface area contributed by atoms with E-state index >= 15 is 0 Å². The Morgan fingerprint density at radius 1 is 1.27 bits per heavy atom. The van der Waals surface area contributed by atoms with Crippen LogP contribution in [0.3, 0.4) is 0 Å². The quantitative estimate of drug-likeness (QED) is 0.552. The number of hydrogen-bond acceptors (Lipinski definition) is 3. The van der Waals surface area contributed by atoms with Gasteiger partial charge in [-0.3, -0.25) is 4.90 Å². The van der Waals surface area contributed by atoms with Gasteiger partial charge in [0.05, 0.1) is 12.7 Å². The predicted octanol–water partition coefficient (Wildman–Crippen LogP) is 4.60. The Labute approximate surface area is 185 Å². The highest BCUT2D eigenvalue weighted by atomic mass is 79.9. The number of aliphatic hydroxyl groups is 1. The van der Waals surface area contributed by atoms with Crippen LogP contribution in [0.25, 0.3) is 10.9 Å². The molecule has 156 valence electrons. The molecule has 2 N–H and O–H groups in total. The fourth-order valence-electron chi connectivity index (χ4n) is 5.70. The molecule has 3 aromatic rings. The summed E-state index contributed by atoms with van der Waals surface area (Å²) in [5, 5.41) is 13.5. The first-order valence-electron chi connectivity index (χ1n) is 10.5. The molecular weight excluding hydrogens is 440 g/mol. The number of rotatable bonds is 4. The maximum Gasteiger partial charge on any atom is 0.119 e. The van der Waals surface area contributed by atoms with Gasteiger partial charge in [-0.1, -0.05) is 40.2 Å². The van der Waals surface area contributed by atoms with Crippen LogP contribution in [0, 0.1) is 0 Å². The Morgan fingerprint density at radius 3 is 2.90 bits per heavy atom. The van der Waals surface area contributed by atoms with E-state index in [2.05, 4.69) is 62.7 Å². The van der Waals surface area contributed by atoms with Gasteiger partial charge in [-0.15, -0.1) is 6.58 Å². The van der Waals surface area contributed by atoms with Crippen molar-refractivity contribution < 1.29 is 9.84 Å². The topological polar surface area (TPSA) is 48.5 Å². The Balaban J connectivity index is 1.70. The number of ether oxygens (including phenoxy) is 1. The van der Waals surface area contributed by atoms with Crippen molar-refractivity contribution in [3.63, 3.8) is 0 Å². The van der Waals surface area contributed by atoms with Crippen LogP contribution in [0.2, 0.25) is 0 Å². The van der Waals surface area contributed by atoms with Crippen LogP contribution in [-0.2, 0) is 18.3 Å². The van der Waals surface area contributed by atoms with E-state index in [-0.39, 0.29) is 5.41 Å². The van der Waals surface area contributed by atoms with Crippen LogP contribution in [0.15, 0.2) is 59.6 Å². The molecular formula is C25H27BrN2O2. The second-order valence-electron chi connectivity index (χ2n) is 8.72. The van der Waals surface area contributed by atoms with Crippen LogP contribution in [0.5, 0.6) is 5.75 Å². The molecule has 2 aromatic carbocycles. The Morgan fingerprint density at radius 2 is 2.10 bits per heavy atom. The van der Waals surface area contributed by atoms with Gasteiger partial charge in [-0.25, -0.2) is 0 Å². The van der Waals surface area contributed by atoms with E-state index in [0.29, 0.717) is 13.0 Å². The second-order valence-corrected chi connectivity index (χ2v) is 9.57. The first-order chi connectivity index (χ1) is 14.5. The smallest absolute Gasteiger partial charge is 0.119 e. The monoisotopic (exact) mass is 466 g/mol. The molecule has 1 saturated heterocycles. The Hall–Kier alpha value is -2.08. The Bertz CT molecular complexity index is 1120. The normalized spacial score (nSPS) is 26.2. The number of nitrogens with one attached hydrogen (secondary N) is 1. The van der Waals surface area contributed by atoms with E-state index in [4.69, 9.17) is 4.74 Å². The van der Waals surface area contributed by atoms with Crippen LogP contribution >= 0.6 is 15.9 Å². The summed E-state index contributed by atoms with van der Waals surface area (Å²) >= 11 is 3.73. The lowest BCUT2D eigenvalue weighted by atomic mass is 9.56. The summed E-state index contributed by atoms with van der Waals surface area (Å²) in [6, 6.07) is 14.5. The van der Waals surface area contributed by atoms with Gasteiger partial charge in [-0.05, 0) is 48.4 Å². The average molecular weight is 467 g/mol. The van der Waals surface area contributed by atoms with E-state index in [1.54, 1.807) is 7.11 Å². The summed E-state index contributed by atoms with van der Waals surface area (Å²) in [6.07, 6.45) is 4.23. The van der Waals surface area contributed by atoms with E-state index < -0.39 is 5.60 Å². The highest BCUT2D eigenvalue weighted by Gasteiger charge is 2.57. The van der Waals surface area contributed by atoms with Crippen molar-refractivity contribution in [2.45, 2.75) is 30.3 Å². The number of β-amino-alcohol motifs (C(OH)–C–C–N with tert-alkyl or cyclic N) is 1. The standard InChI is InChI=1S/C25H27BrN2O2/c1-3-11-28-12-10-24(17-6-4-7-18(13-17)30-2)15-22-19(14-25(24,29)16-28)23-20(26)8-5-9-21(23)27-22/h3-9,13,27,29H,1,10-12,14-16H2,2H3/t24-,25-/m0/s1. The number of H-pyrrole nitrogens is 1. The summed E-state index contributed by atoms with van der Waals surface area (Å²) in [7, 11) is 1.70. The van der Waals surface area contributed by atoms with Crippen molar-refractivity contribution in [2.75, 3.05) is 26.7 Å². The molecule has 5 rings (SSSR count). The lowest BCUT2D eigenvalue weighted by molar-refractivity contribution is -0.100. The maximum absolute atomic E-state index is 12.3. The lowest BCUT2D eigenvalue weighted by Crippen LogP contribution is -2.66. The summed E-state index contributed by atoms with van der Waals surface area (Å²) in [5.74, 6) is 0.836. The van der Waals surface area contributed by atoms with E-state index in [0.717, 1.165) is 47.2 Å². The SMILES string of the molecule is C=CCN1CC[C@@]2(c3cccc(OC)c3)Cc3[nH]c4cccc(Br)c4c3C[C@]2(O)C1. The molecule has 0 radical (unpaired) electrons. The summed E-state index contributed by atoms with van der Waals surface area (Å²) in [4.78, 5) is 5.98. The molecule has 0 saturated carbocycles. The fraction of sp³-hybridized carbons (Fsp3) is 0.360. The zero-order valence-corrected chi connectivity index (χ0v) is 18.8. The largest absolute Gasteiger partial charge is 0.497 e. The summed E-state index contributed by atoms with van der Waals surface area (Å²) < 4.78 is 6.61. The molecule has 1 aliphatic carbocycles. The molecule has 4 nitrogen and oxygen atoms in total. The summed E-state index contributed by atoms with van der Waals surface area (Å²) in [5.41, 5.74) is 3.52. The number of piperidine rings is 1. The molecule has 1 aliphatic heterocycles. The molecule has 2 aliphatic rings. The molecule has 2 heterocycles. The summed E-state index contributed by atoms with van der Waals surface area (Å²) in [6.45, 7) is 6.27. The maximum atomic E-state index is 12.3. The van der Waals surface area contributed by atoms with Gasteiger partial charge in [0.25, 0.3) is 0 Å². The van der Waals surface area contributed by atoms with Crippen LogP contribution < -0.4 is 4.74 Å². The van der Waals surface area contributed by atoms with Gasteiger partial charge < -0.3 is 14.8 Å². The molecule has 0 bridgehead atoms. The van der Waals surface area contributed by atoms with Crippen molar-refractivity contribution in [1.82, 2.24) is 9.88 Å². The third-order valence-electron chi connectivity index (χ3n) is 7.15. The first kappa shape index (κ1) is 19.9. The number of fused-ring (bicyclic) bond motifs is 4. The molecule has 0 amide bonds. The third kappa shape index (κ3) is 2.87. The van der Waals surface area contributed by atoms with E-state index in [1.807, 2.05) is 18.2 Å².